The average molecular weight is 416 g/mol. The Morgan fingerprint density at radius 2 is 1.64 bits per heavy atom. The van der Waals surface area contributed by atoms with E-state index < -0.39 is 0 Å². The summed E-state index contributed by atoms with van der Waals surface area (Å²) in [5.41, 5.74) is 1.05. The zero-order valence-electron chi connectivity index (χ0n) is 18.5. The van der Waals surface area contributed by atoms with Crippen molar-refractivity contribution >= 4 is 30.0 Å². The first-order valence-corrected chi connectivity index (χ1v) is 13.1. The predicted molar refractivity (Wildman–Crippen MR) is 133 cm³/mol. The molecular weight excluding hydrogens is 377 g/mol. The van der Waals surface area contributed by atoms with E-state index in [0.717, 1.165) is 26.1 Å². The Balaban J connectivity index is 0.000000264. The molecule has 0 N–H and O–H groups in total. The minimum absolute atomic E-state index is 0.936. The number of aromatic nitrogens is 1. The van der Waals surface area contributed by atoms with Crippen LogP contribution >= 0.6 is 19.9 Å². The van der Waals surface area contributed by atoms with E-state index in [1.807, 2.05) is 24.4 Å². The predicted octanol–water partition coefficient (Wildman–Crippen LogP) is 8.75. The molecule has 0 fully saturated rings. The van der Waals surface area contributed by atoms with E-state index in [9.17, 15) is 0 Å². The molecule has 0 aliphatic rings. The Hall–Kier alpha value is -1.24. The summed E-state index contributed by atoms with van der Waals surface area (Å²) in [6.07, 6.45) is 7.29. The fraction of sp³-hybridized carbons (Fsp3) is 0.480. The summed E-state index contributed by atoms with van der Waals surface area (Å²) in [5.74, 6) is 1.89. The molecule has 2 aromatic heterocycles. The van der Waals surface area contributed by atoms with Gasteiger partial charge in [-0.25, -0.2) is 0 Å². The molecule has 0 amide bonds. The quantitative estimate of drug-likeness (QED) is 0.367. The monoisotopic (exact) mass is 415 g/mol. The fourth-order valence-corrected chi connectivity index (χ4v) is 4.81. The van der Waals surface area contributed by atoms with Crippen molar-refractivity contribution in [2.45, 2.75) is 53.9 Å². The molecule has 0 spiro atoms. The van der Waals surface area contributed by atoms with Crippen molar-refractivity contribution in [2.24, 2.45) is 11.8 Å². The molecule has 154 valence electrons. The second-order valence-corrected chi connectivity index (χ2v) is 9.68. The average Bonchev–Trinajstić information content (AvgIpc) is 3.14. The summed E-state index contributed by atoms with van der Waals surface area (Å²) in [6.45, 7) is 13.6. The summed E-state index contributed by atoms with van der Waals surface area (Å²) >= 11 is 1.79. The third kappa shape index (κ3) is 9.30. The van der Waals surface area contributed by atoms with Crippen LogP contribution in [0, 0.1) is 11.8 Å². The van der Waals surface area contributed by atoms with Gasteiger partial charge in [-0.2, -0.15) is 0 Å². The largest absolute Gasteiger partial charge is 0.255 e. The molecule has 2 heterocycles. The van der Waals surface area contributed by atoms with Crippen molar-refractivity contribution < 1.29 is 0 Å². The SMILES string of the molecule is CCC.CCC(C)CC(C)CPC.c1ccc(-c2cc3ccccc3s2)nc1. The first-order chi connectivity index (χ1) is 13.5. The molecule has 0 saturated carbocycles. The number of hydrogen-bond donors (Lipinski definition) is 0. The van der Waals surface area contributed by atoms with Gasteiger partial charge in [-0.3, -0.25) is 4.98 Å². The standard InChI is InChI=1S/C13H9NS.C9H21P.C3H8/c1-2-7-12-10(5-1)9-13(15-12)11-6-3-4-8-14-11;1-5-8(2)6-9(3)7-10-4;1-3-2/h1-9H;8-10H,5-7H2,1-4H3;3H2,1-2H3. The van der Waals surface area contributed by atoms with Crippen LogP contribution in [0.2, 0.25) is 0 Å². The lowest BCUT2D eigenvalue weighted by Crippen LogP contribution is -2.03. The van der Waals surface area contributed by atoms with E-state index in [0.29, 0.717) is 0 Å². The number of thiophene rings is 1. The zero-order valence-corrected chi connectivity index (χ0v) is 20.4. The van der Waals surface area contributed by atoms with Gasteiger partial charge >= 0.3 is 0 Å². The van der Waals surface area contributed by atoms with Gasteiger partial charge in [0.2, 0.25) is 0 Å². The summed E-state index contributed by atoms with van der Waals surface area (Å²) in [7, 11) is 1.14. The van der Waals surface area contributed by atoms with Crippen LogP contribution in [0.15, 0.2) is 54.7 Å². The van der Waals surface area contributed by atoms with E-state index in [1.165, 1.54) is 40.4 Å². The van der Waals surface area contributed by atoms with Gasteiger partial charge < -0.3 is 0 Å². The zero-order chi connectivity index (χ0) is 20.8. The molecule has 0 saturated heterocycles. The Labute approximate surface area is 178 Å². The summed E-state index contributed by atoms with van der Waals surface area (Å²) < 4.78 is 1.32. The summed E-state index contributed by atoms with van der Waals surface area (Å²) in [5, 5.41) is 1.29. The van der Waals surface area contributed by atoms with Gasteiger partial charge in [-0.05, 0) is 60.7 Å². The van der Waals surface area contributed by atoms with Crippen LogP contribution in [-0.4, -0.2) is 17.8 Å². The first kappa shape index (κ1) is 24.8. The van der Waals surface area contributed by atoms with Crippen molar-refractivity contribution in [1.82, 2.24) is 4.98 Å². The molecule has 28 heavy (non-hydrogen) atoms. The van der Waals surface area contributed by atoms with Gasteiger partial charge in [0.1, 0.15) is 0 Å². The van der Waals surface area contributed by atoms with Crippen molar-refractivity contribution in [3.63, 3.8) is 0 Å². The van der Waals surface area contributed by atoms with Crippen LogP contribution in [0.1, 0.15) is 53.9 Å². The van der Waals surface area contributed by atoms with Gasteiger partial charge in [0.05, 0.1) is 10.6 Å². The molecule has 3 rings (SSSR count). The van der Waals surface area contributed by atoms with Gasteiger partial charge in [0.25, 0.3) is 0 Å². The maximum absolute atomic E-state index is 4.35. The normalized spacial score (nSPS) is 12.8. The number of nitrogens with zero attached hydrogens (tertiary/aromatic N) is 1. The van der Waals surface area contributed by atoms with Crippen molar-refractivity contribution in [3.8, 4) is 10.6 Å². The molecule has 3 aromatic rings. The van der Waals surface area contributed by atoms with E-state index in [4.69, 9.17) is 0 Å². The molecule has 1 nitrogen and oxygen atoms in total. The molecule has 3 heteroatoms. The summed E-state index contributed by atoms with van der Waals surface area (Å²) in [6, 6.07) is 16.6. The second-order valence-electron chi connectivity index (χ2n) is 7.48. The van der Waals surface area contributed by atoms with Gasteiger partial charge in [0.15, 0.2) is 0 Å². The minimum atomic E-state index is 0.936. The second kappa shape index (κ2) is 14.7. The van der Waals surface area contributed by atoms with E-state index in [-0.39, 0.29) is 0 Å². The number of fused-ring (bicyclic) bond motifs is 1. The third-order valence-electron chi connectivity index (χ3n) is 4.40. The molecule has 0 radical (unpaired) electrons. The molecule has 3 unspecified atom stereocenters. The lowest BCUT2D eigenvalue weighted by atomic mass is 9.97. The van der Waals surface area contributed by atoms with E-state index >= 15 is 0 Å². The van der Waals surface area contributed by atoms with Crippen LogP contribution in [0.4, 0.5) is 0 Å². The highest BCUT2D eigenvalue weighted by Crippen LogP contribution is 2.31. The molecule has 3 atom stereocenters. The highest BCUT2D eigenvalue weighted by Gasteiger charge is 2.05. The van der Waals surface area contributed by atoms with Crippen LogP contribution in [0.3, 0.4) is 0 Å². The van der Waals surface area contributed by atoms with Gasteiger partial charge in [-0.1, -0.05) is 71.7 Å². The van der Waals surface area contributed by atoms with Crippen LogP contribution in [-0.2, 0) is 0 Å². The Morgan fingerprint density at radius 1 is 0.964 bits per heavy atom. The molecule has 0 aliphatic heterocycles. The maximum Gasteiger partial charge on any atom is 0.0802 e. The van der Waals surface area contributed by atoms with Crippen molar-refractivity contribution in [1.29, 1.82) is 0 Å². The van der Waals surface area contributed by atoms with E-state index in [2.05, 4.69) is 76.6 Å². The number of rotatable bonds is 6. The van der Waals surface area contributed by atoms with Crippen molar-refractivity contribution in [2.75, 3.05) is 12.8 Å². The first-order valence-electron chi connectivity index (χ1n) is 10.6. The smallest absolute Gasteiger partial charge is 0.0802 e. The van der Waals surface area contributed by atoms with Gasteiger partial charge in [0, 0.05) is 10.9 Å². The Morgan fingerprint density at radius 3 is 2.21 bits per heavy atom. The molecular formula is C25H38NPS. The van der Waals surface area contributed by atoms with Crippen LogP contribution in [0.25, 0.3) is 20.7 Å². The molecule has 0 bridgehead atoms. The van der Waals surface area contributed by atoms with Crippen LogP contribution < -0.4 is 0 Å². The Kier molecular flexibility index (Phi) is 13.0. The van der Waals surface area contributed by atoms with Gasteiger partial charge in [-0.15, -0.1) is 19.9 Å². The maximum atomic E-state index is 4.35. The fourth-order valence-electron chi connectivity index (χ4n) is 2.90. The highest BCUT2D eigenvalue weighted by molar-refractivity contribution is 7.36. The number of benzene rings is 1. The minimum Gasteiger partial charge on any atom is -0.255 e. The number of pyridine rings is 1. The molecule has 0 aliphatic carbocycles. The number of hydrogen-bond acceptors (Lipinski definition) is 2. The molecule has 1 aromatic carbocycles. The summed E-state index contributed by atoms with van der Waals surface area (Å²) in [4.78, 5) is 5.59. The lowest BCUT2D eigenvalue weighted by Gasteiger charge is -2.14. The van der Waals surface area contributed by atoms with Crippen molar-refractivity contribution in [3.05, 3.63) is 54.7 Å². The third-order valence-corrected chi connectivity index (χ3v) is 6.64. The Bertz CT molecular complexity index is 720. The van der Waals surface area contributed by atoms with Crippen LogP contribution in [0.5, 0.6) is 0 Å². The highest BCUT2D eigenvalue weighted by atomic mass is 32.1. The topological polar surface area (TPSA) is 12.9 Å². The lowest BCUT2D eigenvalue weighted by molar-refractivity contribution is 0.432. The van der Waals surface area contributed by atoms with E-state index in [1.54, 1.807) is 11.3 Å².